The summed E-state index contributed by atoms with van der Waals surface area (Å²) in [7, 11) is 0. The molecule has 1 atom stereocenters. The number of ether oxygens (including phenoxy) is 2. The fraction of sp³-hybridized carbons (Fsp3) is 0.259. The van der Waals surface area contributed by atoms with Gasteiger partial charge in [-0.15, -0.1) is 0 Å². The molecule has 186 valence electrons. The number of nitrogens with zero attached hydrogens (tertiary/aromatic N) is 1. The van der Waals surface area contributed by atoms with Gasteiger partial charge in [0.2, 0.25) is 0 Å². The molecule has 36 heavy (non-hydrogen) atoms. The van der Waals surface area contributed by atoms with Crippen molar-refractivity contribution in [2.24, 2.45) is 0 Å². The fourth-order valence-electron chi connectivity index (χ4n) is 4.51. The molecule has 2 aliphatic rings. The SMILES string of the molecule is CCOC(=O)C1=C(C)NC(CN2C(=O)c3ccccc3C2=O)=C(C(=O)OCC)C1c1cccc(Cl)c1. The first-order valence-electron chi connectivity index (χ1n) is 11.5. The molecule has 2 heterocycles. The third kappa shape index (κ3) is 4.52. The van der Waals surface area contributed by atoms with Crippen molar-refractivity contribution in [2.75, 3.05) is 19.8 Å². The van der Waals surface area contributed by atoms with Crippen molar-refractivity contribution in [2.45, 2.75) is 26.7 Å². The minimum absolute atomic E-state index is 0.0856. The summed E-state index contributed by atoms with van der Waals surface area (Å²) in [5.41, 5.74) is 2.17. The molecular weight excluding hydrogens is 484 g/mol. The standard InChI is InChI=1S/C27H25ClN2O6/c1-4-35-26(33)21-15(3)29-20(14-30-24(31)18-11-6-7-12-19(18)25(30)32)23(27(34)36-5-2)22(21)16-9-8-10-17(28)13-16/h6-13,22,29H,4-5,14H2,1-3H3. The summed E-state index contributed by atoms with van der Waals surface area (Å²) in [5.74, 6) is -3.12. The molecular formula is C27H25ClN2O6. The lowest BCUT2D eigenvalue weighted by molar-refractivity contribution is -0.139. The van der Waals surface area contributed by atoms with E-state index in [1.165, 1.54) is 0 Å². The first kappa shape index (κ1) is 25.2. The van der Waals surface area contributed by atoms with E-state index in [0.717, 1.165) is 4.90 Å². The van der Waals surface area contributed by atoms with Crippen molar-refractivity contribution in [3.05, 3.63) is 92.8 Å². The molecule has 0 fully saturated rings. The molecule has 2 aliphatic heterocycles. The molecule has 0 radical (unpaired) electrons. The molecule has 1 unspecified atom stereocenters. The third-order valence-electron chi connectivity index (χ3n) is 6.01. The molecule has 0 aliphatic carbocycles. The van der Waals surface area contributed by atoms with E-state index in [4.69, 9.17) is 21.1 Å². The zero-order valence-corrected chi connectivity index (χ0v) is 20.8. The summed E-state index contributed by atoms with van der Waals surface area (Å²) in [4.78, 5) is 53.6. The number of benzene rings is 2. The van der Waals surface area contributed by atoms with Gasteiger partial charge in [0.15, 0.2) is 0 Å². The zero-order chi connectivity index (χ0) is 26.0. The van der Waals surface area contributed by atoms with E-state index in [0.29, 0.717) is 27.4 Å². The quantitative estimate of drug-likeness (QED) is 0.446. The van der Waals surface area contributed by atoms with Gasteiger partial charge in [-0.05, 0) is 50.6 Å². The maximum atomic E-state index is 13.3. The highest BCUT2D eigenvalue weighted by Gasteiger charge is 2.42. The van der Waals surface area contributed by atoms with E-state index in [1.54, 1.807) is 69.3 Å². The molecule has 2 amide bonds. The lowest BCUT2D eigenvalue weighted by Crippen LogP contribution is -2.40. The predicted molar refractivity (Wildman–Crippen MR) is 132 cm³/mol. The second kappa shape index (κ2) is 10.4. The van der Waals surface area contributed by atoms with Gasteiger partial charge in [0.05, 0.1) is 47.9 Å². The Morgan fingerprint density at radius 1 is 0.917 bits per heavy atom. The van der Waals surface area contributed by atoms with Gasteiger partial charge in [-0.1, -0.05) is 35.9 Å². The predicted octanol–water partition coefficient (Wildman–Crippen LogP) is 3.98. The molecule has 0 bridgehead atoms. The van der Waals surface area contributed by atoms with Crippen LogP contribution < -0.4 is 5.32 Å². The molecule has 2 aromatic carbocycles. The van der Waals surface area contributed by atoms with Gasteiger partial charge in [0.1, 0.15) is 0 Å². The van der Waals surface area contributed by atoms with Crippen LogP contribution in [0.25, 0.3) is 0 Å². The molecule has 8 nitrogen and oxygen atoms in total. The number of imide groups is 1. The van der Waals surface area contributed by atoms with E-state index >= 15 is 0 Å². The molecule has 4 rings (SSSR count). The van der Waals surface area contributed by atoms with Gasteiger partial charge in [0, 0.05) is 16.4 Å². The molecule has 0 aromatic heterocycles. The lowest BCUT2D eigenvalue weighted by Gasteiger charge is -2.32. The number of hydrogen-bond donors (Lipinski definition) is 1. The number of hydrogen-bond acceptors (Lipinski definition) is 7. The van der Waals surface area contributed by atoms with E-state index in [2.05, 4.69) is 5.32 Å². The van der Waals surface area contributed by atoms with Crippen LogP contribution in [0, 0.1) is 0 Å². The first-order valence-corrected chi connectivity index (χ1v) is 11.9. The Bertz CT molecular complexity index is 1290. The minimum atomic E-state index is -0.895. The monoisotopic (exact) mass is 508 g/mol. The second-order valence-corrected chi connectivity index (χ2v) is 8.66. The molecule has 0 saturated carbocycles. The van der Waals surface area contributed by atoms with Gasteiger partial charge in [-0.25, -0.2) is 9.59 Å². The third-order valence-corrected chi connectivity index (χ3v) is 6.25. The van der Waals surface area contributed by atoms with Crippen molar-refractivity contribution in [3.8, 4) is 0 Å². The Labute approximate surface area is 213 Å². The Hall–Kier alpha value is -3.91. The van der Waals surface area contributed by atoms with Crippen molar-refractivity contribution in [1.82, 2.24) is 10.2 Å². The number of rotatable bonds is 7. The van der Waals surface area contributed by atoms with Crippen LogP contribution in [-0.4, -0.2) is 48.4 Å². The van der Waals surface area contributed by atoms with Crippen molar-refractivity contribution >= 4 is 35.4 Å². The Morgan fingerprint density at radius 3 is 2.06 bits per heavy atom. The number of fused-ring (bicyclic) bond motifs is 1. The van der Waals surface area contributed by atoms with E-state index in [-0.39, 0.29) is 36.6 Å². The van der Waals surface area contributed by atoms with Crippen LogP contribution in [-0.2, 0) is 19.1 Å². The average molecular weight is 509 g/mol. The molecule has 9 heteroatoms. The van der Waals surface area contributed by atoms with Crippen LogP contribution in [0.15, 0.2) is 71.1 Å². The van der Waals surface area contributed by atoms with Gasteiger partial charge in [0.25, 0.3) is 11.8 Å². The number of esters is 2. The van der Waals surface area contributed by atoms with Crippen LogP contribution in [0.2, 0.25) is 5.02 Å². The number of carbonyl (C=O) groups is 4. The van der Waals surface area contributed by atoms with Crippen LogP contribution in [0.3, 0.4) is 0 Å². The summed E-state index contributed by atoms with van der Waals surface area (Å²) in [6, 6.07) is 13.3. The van der Waals surface area contributed by atoms with Gasteiger partial charge < -0.3 is 14.8 Å². The van der Waals surface area contributed by atoms with Crippen molar-refractivity contribution < 1.29 is 28.7 Å². The topological polar surface area (TPSA) is 102 Å². The van der Waals surface area contributed by atoms with Crippen LogP contribution in [0.1, 0.15) is 53.0 Å². The summed E-state index contributed by atoms with van der Waals surface area (Å²) in [6.45, 7) is 5.04. The molecule has 0 saturated heterocycles. The summed E-state index contributed by atoms with van der Waals surface area (Å²) < 4.78 is 10.7. The number of carbonyl (C=O) groups excluding carboxylic acids is 4. The van der Waals surface area contributed by atoms with Crippen LogP contribution in [0.4, 0.5) is 0 Å². The highest BCUT2D eigenvalue weighted by atomic mass is 35.5. The van der Waals surface area contributed by atoms with Crippen molar-refractivity contribution in [1.29, 1.82) is 0 Å². The van der Waals surface area contributed by atoms with Crippen LogP contribution >= 0.6 is 11.6 Å². The molecule has 1 N–H and O–H groups in total. The average Bonchev–Trinajstić information content (AvgIpc) is 3.09. The minimum Gasteiger partial charge on any atom is -0.463 e. The van der Waals surface area contributed by atoms with E-state index in [9.17, 15) is 19.2 Å². The fourth-order valence-corrected chi connectivity index (χ4v) is 4.71. The number of nitrogens with one attached hydrogen (secondary N) is 1. The highest BCUT2D eigenvalue weighted by molar-refractivity contribution is 6.30. The number of dihydropyridines is 1. The molecule has 2 aromatic rings. The summed E-state index contributed by atoms with van der Waals surface area (Å²) in [5, 5.41) is 3.50. The smallest absolute Gasteiger partial charge is 0.336 e. The lowest BCUT2D eigenvalue weighted by atomic mass is 9.80. The number of allylic oxidation sites excluding steroid dienone is 1. The maximum absolute atomic E-state index is 13.3. The normalized spacial score (nSPS) is 17.2. The summed E-state index contributed by atoms with van der Waals surface area (Å²) >= 11 is 6.26. The van der Waals surface area contributed by atoms with Gasteiger partial charge in [-0.3, -0.25) is 14.5 Å². The Morgan fingerprint density at radius 2 is 1.50 bits per heavy atom. The van der Waals surface area contributed by atoms with Crippen molar-refractivity contribution in [3.63, 3.8) is 0 Å². The first-order chi connectivity index (χ1) is 17.3. The number of amides is 2. The highest BCUT2D eigenvalue weighted by Crippen LogP contribution is 2.40. The van der Waals surface area contributed by atoms with Crippen LogP contribution in [0.5, 0.6) is 0 Å². The Kier molecular flexibility index (Phi) is 7.26. The maximum Gasteiger partial charge on any atom is 0.336 e. The Balaban J connectivity index is 1.87. The van der Waals surface area contributed by atoms with Gasteiger partial charge >= 0.3 is 11.9 Å². The largest absolute Gasteiger partial charge is 0.463 e. The van der Waals surface area contributed by atoms with E-state index in [1.807, 2.05) is 0 Å². The van der Waals surface area contributed by atoms with E-state index < -0.39 is 29.7 Å². The zero-order valence-electron chi connectivity index (χ0n) is 20.1. The number of halogens is 1. The molecule has 0 spiro atoms. The van der Waals surface area contributed by atoms with Gasteiger partial charge in [-0.2, -0.15) is 0 Å². The second-order valence-electron chi connectivity index (χ2n) is 8.23. The summed E-state index contributed by atoms with van der Waals surface area (Å²) in [6.07, 6.45) is 0.